The van der Waals surface area contributed by atoms with Gasteiger partial charge in [-0.1, -0.05) is 23.9 Å². The Labute approximate surface area is 173 Å². The van der Waals surface area contributed by atoms with Gasteiger partial charge < -0.3 is 10.5 Å². The van der Waals surface area contributed by atoms with Gasteiger partial charge in [0.25, 0.3) is 5.69 Å². The van der Waals surface area contributed by atoms with Crippen molar-refractivity contribution in [1.82, 2.24) is 4.98 Å². The predicted octanol–water partition coefficient (Wildman–Crippen LogP) is 3.97. The van der Waals surface area contributed by atoms with Crippen molar-refractivity contribution >= 4 is 40.7 Å². The molecule has 0 unspecified atom stereocenters. The molecule has 29 heavy (non-hydrogen) atoms. The van der Waals surface area contributed by atoms with E-state index in [1.807, 2.05) is 12.3 Å². The molecular formula is C19H15N3O5S2. The van der Waals surface area contributed by atoms with Crippen molar-refractivity contribution in [2.75, 3.05) is 0 Å². The summed E-state index contributed by atoms with van der Waals surface area (Å²) in [5.74, 6) is -1.30. The summed E-state index contributed by atoms with van der Waals surface area (Å²) in [5.41, 5.74) is 6.82. The van der Waals surface area contributed by atoms with Gasteiger partial charge in [0, 0.05) is 33.7 Å². The minimum Gasteiger partial charge on any atom is -0.457 e. The number of nitro benzene ring substituents is 1. The number of esters is 1. The number of nitrogens with two attached hydrogens (primary N) is 1. The Morgan fingerprint density at radius 1 is 1.28 bits per heavy atom. The summed E-state index contributed by atoms with van der Waals surface area (Å²) in [6.07, 6.45) is 0. The highest BCUT2D eigenvalue weighted by molar-refractivity contribution is 8.01. The fourth-order valence-corrected chi connectivity index (χ4v) is 4.29. The molecule has 3 aromatic rings. The number of primary amides is 1. The standard InChI is InChI=1S/C19H15N3O5S2/c1-11-10-28-19(21-11)29-16-6-5-14(22(25)26)8-15(16)18(24)27-9-12-3-2-4-13(7-12)17(20)23/h2-8,10H,9H2,1H3,(H2,20,23). The molecule has 148 valence electrons. The molecule has 0 atom stereocenters. The third-order valence-corrected chi connectivity index (χ3v) is 5.90. The van der Waals surface area contributed by atoms with E-state index in [0.29, 0.717) is 20.4 Å². The highest BCUT2D eigenvalue weighted by Gasteiger charge is 2.20. The molecular weight excluding hydrogens is 414 g/mol. The van der Waals surface area contributed by atoms with E-state index >= 15 is 0 Å². The van der Waals surface area contributed by atoms with E-state index in [4.69, 9.17) is 10.5 Å². The first-order valence-corrected chi connectivity index (χ1v) is 9.97. The van der Waals surface area contributed by atoms with Crippen LogP contribution in [0.15, 0.2) is 57.1 Å². The number of non-ortho nitro benzene ring substituents is 1. The zero-order valence-electron chi connectivity index (χ0n) is 15.2. The van der Waals surface area contributed by atoms with Crippen LogP contribution < -0.4 is 5.73 Å². The lowest BCUT2D eigenvalue weighted by atomic mass is 10.1. The lowest BCUT2D eigenvalue weighted by Crippen LogP contribution is -2.12. The van der Waals surface area contributed by atoms with Gasteiger partial charge >= 0.3 is 5.97 Å². The maximum absolute atomic E-state index is 12.7. The Morgan fingerprint density at radius 3 is 2.72 bits per heavy atom. The van der Waals surface area contributed by atoms with Gasteiger partial charge in [0.1, 0.15) is 6.61 Å². The molecule has 8 nitrogen and oxygen atoms in total. The Balaban J connectivity index is 1.83. The van der Waals surface area contributed by atoms with Gasteiger partial charge in [-0.3, -0.25) is 14.9 Å². The summed E-state index contributed by atoms with van der Waals surface area (Å²) in [6.45, 7) is 1.74. The lowest BCUT2D eigenvalue weighted by molar-refractivity contribution is -0.384. The molecule has 2 N–H and O–H groups in total. The van der Waals surface area contributed by atoms with Crippen molar-refractivity contribution in [3.8, 4) is 0 Å². The Hall–Kier alpha value is -3.24. The molecule has 1 amide bonds. The third kappa shape index (κ3) is 5.18. The van der Waals surface area contributed by atoms with E-state index in [1.54, 1.807) is 18.2 Å². The number of aryl methyl sites for hydroxylation is 1. The van der Waals surface area contributed by atoms with Gasteiger partial charge in [-0.2, -0.15) is 0 Å². The maximum atomic E-state index is 12.7. The van der Waals surface area contributed by atoms with E-state index in [-0.39, 0.29) is 17.9 Å². The quantitative estimate of drug-likeness (QED) is 0.342. The molecule has 0 aliphatic rings. The monoisotopic (exact) mass is 429 g/mol. The zero-order valence-corrected chi connectivity index (χ0v) is 16.8. The van der Waals surface area contributed by atoms with Crippen molar-refractivity contribution in [1.29, 1.82) is 0 Å². The van der Waals surface area contributed by atoms with Crippen LogP contribution in [0, 0.1) is 17.0 Å². The zero-order chi connectivity index (χ0) is 21.0. The third-order valence-electron chi connectivity index (χ3n) is 3.77. The number of hydrogen-bond acceptors (Lipinski definition) is 8. The van der Waals surface area contributed by atoms with Crippen molar-refractivity contribution in [3.05, 3.63) is 80.3 Å². The number of amides is 1. The Bertz CT molecular complexity index is 1100. The van der Waals surface area contributed by atoms with Gasteiger partial charge in [0.05, 0.1) is 10.5 Å². The number of thiazole rings is 1. The second-order valence-corrected chi connectivity index (χ2v) is 8.08. The van der Waals surface area contributed by atoms with Gasteiger partial charge in [-0.25, -0.2) is 9.78 Å². The number of carbonyl (C=O) groups excluding carboxylic acids is 2. The molecule has 0 saturated carbocycles. The SMILES string of the molecule is Cc1csc(Sc2ccc([N+](=O)[O-])cc2C(=O)OCc2cccc(C(N)=O)c2)n1. The minimum atomic E-state index is -0.714. The predicted molar refractivity (Wildman–Crippen MR) is 108 cm³/mol. The summed E-state index contributed by atoms with van der Waals surface area (Å²) >= 11 is 2.65. The second-order valence-electron chi connectivity index (χ2n) is 5.94. The van der Waals surface area contributed by atoms with E-state index in [9.17, 15) is 19.7 Å². The maximum Gasteiger partial charge on any atom is 0.339 e. The molecule has 0 spiro atoms. The van der Waals surface area contributed by atoms with Crippen molar-refractivity contribution in [2.24, 2.45) is 5.73 Å². The fourth-order valence-electron chi connectivity index (χ4n) is 2.39. The average molecular weight is 429 g/mol. The Morgan fingerprint density at radius 2 is 2.07 bits per heavy atom. The first-order valence-electron chi connectivity index (χ1n) is 8.28. The first kappa shape index (κ1) is 20.5. The fraction of sp³-hybridized carbons (Fsp3) is 0.105. The van der Waals surface area contributed by atoms with Crippen LogP contribution in [0.25, 0.3) is 0 Å². The molecule has 2 aromatic carbocycles. The van der Waals surface area contributed by atoms with Gasteiger partial charge in [-0.05, 0) is 30.7 Å². The smallest absolute Gasteiger partial charge is 0.339 e. The number of ether oxygens (including phenoxy) is 1. The number of carbonyl (C=O) groups is 2. The number of hydrogen-bond donors (Lipinski definition) is 1. The molecule has 0 bridgehead atoms. The molecule has 3 rings (SSSR count). The van der Waals surface area contributed by atoms with Crippen LogP contribution in [0.1, 0.15) is 32.0 Å². The van der Waals surface area contributed by atoms with E-state index in [0.717, 1.165) is 5.69 Å². The van der Waals surface area contributed by atoms with Crippen molar-refractivity contribution in [3.63, 3.8) is 0 Å². The molecule has 10 heteroatoms. The number of nitro groups is 1. The van der Waals surface area contributed by atoms with Crippen molar-refractivity contribution < 1.29 is 19.2 Å². The topological polar surface area (TPSA) is 125 Å². The summed E-state index contributed by atoms with van der Waals surface area (Å²) in [4.78, 5) is 39.3. The van der Waals surface area contributed by atoms with Gasteiger partial charge in [0.15, 0.2) is 4.34 Å². The van der Waals surface area contributed by atoms with Crippen LogP contribution in [0.4, 0.5) is 5.69 Å². The average Bonchev–Trinajstić information content (AvgIpc) is 3.11. The van der Waals surface area contributed by atoms with E-state index in [2.05, 4.69) is 4.98 Å². The largest absolute Gasteiger partial charge is 0.457 e. The van der Waals surface area contributed by atoms with Crippen LogP contribution >= 0.6 is 23.1 Å². The van der Waals surface area contributed by atoms with Crippen molar-refractivity contribution in [2.45, 2.75) is 22.8 Å². The summed E-state index contributed by atoms with van der Waals surface area (Å²) < 4.78 is 6.03. The molecule has 0 aliphatic heterocycles. The van der Waals surface area contributed by atoms with Crippen LogP contribution in [-0.4, -0.2) is 21.8 Å². The van der Waals surface area contributed by atoms with Crippen LogP contribution in [-0.2, 0) is 11.3 Å². The normalized spacial score (nSPS) is 10.5. The molecule has 0 saturated heterocycles. The number of aromatic nitrogens is 1. The highest BCUT2D eigenvalue weighted by Crippen LogP contribution is 2.34. The number of benzene rings is 2. The van der Waals surface area contributed by atoms with Crippen LogP contribution in [0.5, 0.6) is 0 Å². The summed E-state index contributed by atoms with van der Waals surface area (Å²) in [6, 6.07) is 10.4. The second kappa shape index (κ2) is 8.84. The molecule has 0 aliphatic carbocycles. The minimum absolute atomic E-state index is 0.0723. The van der Waals surface area contributed by atoms with E-state index < -0.39 is 16.8 Å². The number of nitrogens with zero attached hydrogens (tertiary/aromatic N) is 2. The lowest BCUT2D eigenvalue weighted by Gasteiger charge is -2.09. The molecule has 1 aromatic heterocycles. The molecule has 1 heterocycles. The van der Waals surface area contributed by atoms with Crippen LogP contribution in [0.3, 0.4) is 0 Å². The molecule has 0 radical (unpaired) electrons. The highest BCUT2D eigenvalue weighted by atomic mass is 32.2. The van der Waals surface area contributed by atoms with E-state index in [1.165, 1.54) is 47.4 Å². The van der Waals surface area contributed by atoms with Gasteiger partial charge in [0.2, 0.25) is 5.91 Å². The molecule has 0 fully saturated rings. The first-order chi connectivity index (χ1) is 13.8. The summed E-state index contributed by atoms with van der Waals surface area (Å²) in [5, 5.41) is 13.0. The summed E-state index contributed by atoms with van der Waals surface area (Å²) in [7, 11) is 0. The Kier molecular flexibility index (Phi) is 6.25. The van der Waals surface area contributed by atoms with Gasteiger partial charge in [-0.15, -0.1) is 11.3 Å². The number of rotatable bonds is 7. The van der Waals surface area contributed by atoms with Crippen LogP contribution in [0.2, 0.25) is 0 Å².